The maximum atomic E-state index is 8.64. The van der Waals surface area contributed by atoms with Gasteiger partial charge in [0.1, 0.15) is 11.5 Å². The second-order valence-electron chi connectivity index (χ2n) is 4.59. The van der Waals surface area contributed by atoms with Crippen LogP contribution in [0.3, 0.4) is 0 Å². The van der Waals surface area contributed by atoms with E-state index < -0.39 is 0 Å². The van der Waals surface area contributed by atoms with Crippen molar-refractivity contribution in [3.8, 4) is 11.5 Å². The lowest BCUT2D eigenvalue weighted by molar-refractivity contribution is 0.318. The van der Waals surface area contributed by atoms with E-state index in [0.717, 1.165) is 16.5 Å². The molecule has 0 saturated carbocycles. The molecule has 0 bridgehead atoms. The standard InChI is InChI=1S/C17H14N2O2/c18-17(19-20)13-8-10-14(11-9-13)21-16-7-3-5-12-4-1-2-6-15(12)16/h1-11,20H,(H2,18,19). The van der Waals surface area contributed by atoms with E-state index in [4.69, 9.17) is 15.7 Å². The monoisotopic (exact) mass is 278 g/mol. The number of oxime groups is 1. The van der Waals surface area contributed by atoms with Crippen LogP contribution in [0, 0.1) is 0 Å². The summed E-state index contributed by atoms with van der Waals surface area (Å²) in [5.41, 5.74) is 6.17. The Hall–Kier alpha value is -3.01. The second-order valence-corrected chi connectivity index (χ2v) is 4.59. The molecule has 0 unspecified atom stereocenters. The third kappa shape index (κ3) is 2.65. The van der Waals surface area contributed by atoms with E-state index in [9.17, 15) is 0 Å². The van der Waals surface area contributed by atoms with E-state index in [0.29, 0.717) is 11.3 Å². The summed E-state index contributed by atoms with van der Waals surface area (Å²) >= 11 is 0. The molecule has 21 heavy (non-hydrogen) atoms. The Labute approximate surface area is 122 Å². The van der Waals surface area contributed by atoms with Crippen molar-refractivity contribution in [1.29, 1.82) is 0 Å². The minimum Gasteiger partial charge on any atom is -0.457 e. The predicted molar refractivity (Wildman–Crippen MR) is 83.0 cm³/mol. The quantitative estimate of drug-likeness (QED) is 0.332. The molecular weight excluding hydrogens is 264 g/mol. The summed E-state index contributed by atoms with van der Waals surface area (Å²) in [5.74, 6) is 1.57. The van der Waals surface area contributed by atoms with Crippen molar-refractivity contribution in [2.24, 2.45) is 10.9 Å². The predicted octanol–water partition coefficient (Wildman–Crippen LogP) is 3.73. The van der Waals surface area contributed by atoms with Crippen LogP contribution in [-0.4, -0.2) is 11.0 Å². The van der Waals surface area contributed by atoms with Crippen LogP contribution in [0.25, 0.3) is 10.8 Å². The molecule has 0 saturated heterocycles. The van der Waals surface area contributed by atoms with Crippen molar-refractivity contribution in [1.82, 2.24) is 0 Å². The first-order valence-corrected chi connectivity index (χ1v) is 6.51. The van der Waals surface area contributed by atoms with E-state index in [1.54, 1.807) is 24.3 Å². The molecule has 0 radical (unpaired) electrons. The molecule has 0 heterocycles. The molecule has 0 aromatic heterocycles. The summed E-state index contributed by atoms with van der Waals surface area (Å²) in [5, 5.41) is 13.8. The molecule has 0 fully saturated rings. The van der Waals surface area contributed by atoms with Gasteiger partial charge in [-0.2, -0.15) is 0 Å². The van der Waals surface area contributed by atoms with Crippen LogP contribution in [0.2, 0.25) is 0 Å². The number of benzene rings is 3. The minimum absolute atomic E-state index is 0.0757. The average molecular weight is 278 g/mol. The summed E-state index contributed by atoms with van der Waals surface area (Å²) < 4.78 is 5.92. The highest BCUT2D eigenvalue weighted by atomic mass is 16.5. The molecule has 0 spiro atoms. The Kier molecular flexibility index (Phi) is 3.43. The largest absolute Gasteiger partial charge is 0.457 e. The lowest BCUT2D eigenvalue weighted by atomic mass is 10.1. The molecule has 3 rings (SSSR count). The van der Waals surface area contributed by atoms with Gasteiger partial charge in [-0.25, -0.2) is 0 Å². The van der Waals surface area contributed by atoms with Gasteiger partial charge >= 0.3 is 0 Å². The Morgan fingerprint density at radius 3 is 2.38 bits per heavy atom. The highest BCUT2D eigenvalue weighted by Crippen LogP contribution is 2.29. The number of amidine groups is 1. The van der Waals surface area contributed by atoms with Gasteiger partial charge in [-0.05, 0) is 35.7 Å². The van der Waals surface area contributed by atoms with E-state index in [2.05, 4.69) is 5.16 Å². The normalized spacial score (nSPS) is 11.5. The van der Waals surface area contributed by atoms with Gasteiger partial charge in [0.05, 0.1) is 0 Å². The number of nitrogens with two attached hydrogens (primary N) is 1. The Morgan fingerprint density at radius 2 is 1.62 bits per heavy atom. The lowest BCUT2D eigenvalue weighted by Crippen LogP contribution is -2.12. The molecule has 104 valence electrons. The summed E-state index contributed by atoms with van der Waals surface area (Å²) in [6, 6.07) is 21.1. The summed E-state index contributed by atoms with van der Waals surface area (Å²) in [4.78, 5) is 0. The van der Waals surface area contributed by atoms with Crippen molar-refractivity contribution < 1.29 is 9.94 Å². The summed E-state index contributed by atoms with van der Waals surface area (Å²) in [7, 11) is 0. The zero-order valence-corrected chi connectivity index (χ0v) is 11.2. The van der Waals surface area contributed by atoms with Crippen molar-refractivity contribution in [2.75, 3.05) is 0 Å². The van der Waals surface area contributed by atoms with E-state index >= 15 is 0 Å². The van der Waals surface area contributed by atoms with Crippen molar-refractivity contribution in [3.63, 3.8) is 0 Å². The number of ether oxygens (including phenoxy) is 1. The van der Waals surface area contributed by atoms with E-state index in [1.165, 1.54) is 0 Å². The molecule has 0 atom stereocenters. The zero-order chi connectivity index (χ0) is 14.7. The summed E-state index contributed by atoms with van der Waals surface area (Å²) in [6.07, 6.45) is 0. The maximum Gasteiger partial charge on any atom is 0.170 e. The number of hydrogen-bond acceptors (Lipinski definition) is 3. The van der Waals surface area contributed by atoms with Gasteiger partial charge in [-0.3, -0.25) is 0 Å². The summed E-state index contributed by atoms with van der Waals surface area (Å²) in [6.45, 7) is 0. The van der Waals surface area contributed by atoms with Gasteiger partial charge in [0.15, 0.2) is 5.84 Å². The molecule has 0 aliphatic rings. The van der Waals surface area contributed by atoms with Crippen LogP contribution in [0.5, 0.6) is 11.5 Å². The molecule has 3 aromatic carbocycles. The third-order valence-corrected chi connectivity index (χ3v) is 3.24. The molecule has 3 aromatic rings. The second kappa shape index (κ2) is 5.54. The zero-order valence-electron chi connectivity index (χ0n) is 11.2. The first-order chi connectivity index (χ1) is 10.3. The van der Waals surface area contributed by atoms with Gasteiger partial charge in [-0.1, -0.05) is 41.6 Å². The van der Waals surface area contributed by atoms with Gasteiger partial charge < -0.3 is 15.7 Å². The smallest absolute Gasteiger partial charge is 0.170 e. The molecule has 0 aliphatic heterocycles. The average Bonchev–Trinajstić information content (AvgIpc) is 2.55. The van der Waals surface area contributed by atoms with Gasteiger partial charge in [0.25, 0.3) is 0 Å². The Bertz CT molecular complexity index is 790. The molecule has 3 N–H and O–H groups in total. The topological polar surface area (TPSA) is 67.8 Å². The van der Waals surface area contributed by atoms with Gasteiger partial charge in [-0.15, -0.1) is 0 Å². The first-order valence-electron chi connectivity index (χ1n) is 6.51. The Morgan fingerprint density at radius 1 is 0.905 bits per heavy atom. The molecule has 4 nitrogen and oxygen atoms in total. The number of nitrogens with zero attached hydrogens (tertiary/aromatic N) is 1. The number of hydrogen-bond donors (Lipinski definition) is 2. The van der Waals surface area contributed by atoms with Crippen LogP contribution < -0.4 is 10.5 Å². The fraction of sp³-hybridized carbons (Fsp3) is 0. The first kappa shape index (κ1) is 13.0. The van der Waals surface area contributed by atoms with Crippen LogP contribution in [0.4, 0.5) is 0 Å². The fourth-order valence-corrected chi connectivity index (χ4v) is 2.16. The van der Waals surface area contributed by atoms with Gasteiger partial charge in [0, 0.05) is 10.9 Å². The van der Waals surface area contributed by atoms with Crippen molar-refractivity contribution in [3.05, 3.63) is 72.3 Å². The van der Waals surface area contributed by atoms with Gasteiger partial charge in [0.2, 0.25) is 0 Å². The minimum atomic E-state index is 0.0757. The molecule has 0 amide bonds. The molecule has 0 aliphatic carbocycles. The fourth-order valence-electron chi connectivity index (χ4n) is 2.16. The Balaban J connectivity index is 1.92. The van der Waals surface area contributed by atoms with Crippen LogP contribution in [0.15, 0.2) is 71.9 Å². The molecular formula is C17H14N2O2. The highest BCUT2D eigenvalue weighted by molar-refractivity contribution is 5.97. The van der Waals surface area contributed by atoms with Crippen LogP contribution >= 0.6 is 0 Å². The number of rotatable bonds is 3. The van der Waals surface area contributed by atoms with Crippen LogP contribution in [0.1, 0.15) is 5.56 Å². The lowest BCUT2D eigenvalue weighted by Gasteiger charge is -2.09. The van der Waals surface area contributed by atoms with E-state index in [-0.39, 0.29) is 5.84 Å². The van der Waals surface area contributed by atoms with Crippen molar-refractivity contribution >= 4 is 16.6 Å². The number of fused-ring (bicyclic) bond motifs is 1. The highest BCUT2D eigenvalue weighted by Gasteiger charge is 2.04. The SMILES string of the molecule is N/C(=N\O)c1ccc(Oc2cccc3ccccc23)cc1. The van der Waals surface area contributed by atoms with E-state index in [1.807, 2.05) is 42.5 Å². The molecule has 4 heteroatoms. The maximum absolute atomic E-state index is 8.64. The third-order valence-electron chi connectivity index (χ3n) is 3.24. The van der Waals surface area contributed by atoms with Crippen molar-refractivity contribution in [2.45, 2.75) is 0 Å². The van der Waals surface area contributed by atoms with Crippen LogP contribution in [-0.2, 0) is 0 Å².